The lowest BCUT2D eigenvalue weighted by molar-refractivity contribution is 0.175. The molecule has 268 valence electrons. The van der Waals surface area contributed by atoms with Crippen molar-refractivity contribution in [1.82, 2.24) is 9.34 Å². The SMILES string of the molecule is CC(C)N(C(C)C)P(Cl)OCCC#N.CC(C)N(C(C)C)P(OCCC#N)OCCCCP(C)(C)=O.CP(C)(=O)CCCCO. The van der Waals surface area contributed by atoms with Gasteiger partial charge in [-0.05, 0) is 119 Å². The lowest BCUT2D eigenvalue weighted by Crippen LogP contribution is -2.33. The average molecular weight is 737 g/mol. The van der Waals surface area contributed by atoms with Crippen molar-refractivity contribution in [3.05, 3.63) is 0 Å². The van der Waals surface area contributed by atoms with E-state index in [1.165, 1.54) is 0 Å². The molecule has 0 saturated heterocycles. The number of nitriles is 2. The third-order valence-corrected chi connectivity index (χ3v) is 13.1. The van der Waals surface area contributed by atoms with Crippen LogP contribution in [0, 0.1) is 22.7 Å². The number of unbranched alkanes of at least 4 members (excludes halogenated alkanes) is 2. The second-order valence-corrected chi connectivity index (χ2v) is 23.3. The van der Waals surface area contributed by atoms with E-state index in [-0.39, 0.29) is 6.61 Å². The van der Waals surface area contributed by atoms with Crippen molar-refractivity contribution in [2.45, 2.75) is 118 Å². The van der Waals surface area contributed by atoms with Gasteiger partial charge in [0.2, 0.25) is 7.65 Å². The van der Waals surface area contributed by atoms with E-state index in [0.717, 1.165) is 38.0 Å². The summed E-state index contributed by atoms with van der Waals surface area (Å²) in [7, 11) is -5.96. The van der Waals surface area contributed by atoms with Gasteiger partial charge in [-0.3, -0.25) is 0 Å². The zero-order valence-corrected chi connectivity index (χ0v) is 34.6. The van der Waals surface area contributed by atoms with Crippen molar-refractivity contribution in [3.8, 4) is 12.1 Å². The summed E-state index contributed by atoms with van der Waals surface area (Å²) in [5.74, 6) is 0. The molecule has 0 aliphatic carbocycles. The van der Waals surface area contributed by atoms with Crippen LogP contribution in [0.3, 0.4) is 0 Å². The third kappa shape index (κ3) is 32.7. The lowest BCUT2D eigenvalue weighted by atomic mass is 10.3. The summed E-state index contributed by atoms with van der Waals surface area (Å²) in [6.07, 6.45) is 5.78. The Balaban J connectivity index is -0.000000653. The standard InChI is InChI=1S/C15H32N2O3P2.C9H18ClN2OP.C6H15O2P/c1-14(2)17(15(3)4)21(20-12-9-10-16)19-11-7-8-13-22(5,6)18;1-8(2)12(9(3)4)14(10)13-7-5-6-11;1-9(2,8)6-4-3-5-7/h14-15H,7-9,11-13H2,1-6H3;8-9H,5,7H2,1-4H3;7H,3-6H2,1-2H3. The first-order valence-corrected chi connectivity index (χ1v) is 24.7. The van der Waals surface area contributed by atoms with Gasteiger partial charge in [-0.25, -0.2) is 9.34 Å². The van der Waals surface area contributed by atoms with E-state index >= 15 is 0 Å². The summed E-state index contributed by atoms with van der Waals surface area (Å²) in [6, 6.07) is 5.48. The van der Waals surface area contributed by atoms with E-state index in [2.05, 4.69) is 70.8 Å². The summed E-state index contributed by atoms with van der Waals surface area (Å²) in [6.45, 7) is 25.7. The van der Waals surface area contributed by atoms with Crippen LogP contribution in [-0.2, 0) is 22.7 Å². The van der Waals surface area contributed by atoms with Gasteiger partial charge in [0.1, 0.15) is 0 Å². The Hall–Kier alpha value is 0.350. The van der Waals surface area contributed by atoms with Crippen LogP contribution in [0.1, 0.15) is 93.9 Å². The van der Waals surface area contributed by atoms with Gasteiger partial charge in [0, 0.05) is 43.1 Å². The monoisotopic (exact) mass is 736 g/mol. The van der Waals surface area contributed by atoms with Crippen molar-refractivity contribution in [3.63, 3.8) is 0 Å². The predicted molar refractivity (Wildman–Crippen MR) is 196 cm³/mol. The minimum absolute atomic E-state index is 0.222. The largest absolute Gasteiger partial charge is 0.396 e. The Morgan fingerprint density at radius 3 is 1.40 bits per heavy atom. The zero-order valence-electron chi connectivity index (χ0n) is 30.2. The number of nitrogens with zero attached hydrogens (tertiary/aromatic N) is 4. The highest BCUT2D eigenvalue weighted by Gasteiger charge is 2.27. The molecule has 0 fully saturated rings. The summed E-state index contributed by atoms with van der Waals surface area (Å²) < 4.78 is 44.2. The topological polar surface area (TPSA) is 136 Å². The maximum absolute atomic E-state index is 11.7. The smallest absolute Gasteiger partial charge is 0.259 e. The van der Waals surface area contributed by atoms with Crippen LogP contribution in [0.2, 0.25) is 0 Å². The predicted octanol–water partition coefficient (Wildman–Crippen LogP) is 9.56. The average Bonchev–Trinajstić information content (AvgIpc) is 2.87. The van der Waals surface area contributed by atoms with Crippen LogP contribution < -0.4 is 0 Å². The molecule has 0 saturated carbocycles. The van der Waals surface area contributed by atoms with Crippen molar-refractivity contribution < 1.29 is 27.8 Å². The van der Waals surface area contributed by atoms with E-state index in [1.807, 2.05) is 19.4 Å². The van der Waals surface area contributed by atoms with E-state index in [9.17, 15) is 9.13 Å². The Labute approximate surface area is 284 Å². The molecule has 0 aromatic heterocycles. The lowest BCUT2D eigenvalue weighted by Gasteiger charge is -2.35. The Kier molecular flexibility index (Phi) is 32.4. The second-order valence-electron chi connectivity index (χ2n) is 12.6. The van der Waals surface area contributed by atoms with Gasteiger partial charge in [0.05, 0.1) is 59.1 Å². The van der Waals surface area contributed by atoms with Crippen molar-refractivity contribution >= 4 is 41.7 Å². The molecule has 0 aromatic rings. The maximum atomic E-state index is 11.7. The molecule has 0 spiro atoms. The van der Waals surface area contributed by atoms with Gasteiger partial charge < -0.3 is 27.8 Å². The summed E-state index contributed by atoms with van der Waals surface area (Å²) in [4.78, 5) is 0. The molecule has 0 aromatic carbocycles. The van der Waals surface area contributed by atoms with Crippen LogP contribution in [-0.4, -0.2) is 104 Å². The third-order valence-electron chi connectivity index (χ3n) is 5.71. The number of rotatable bonds is 22. The van der Waals surface area contributed by atoms with E-state index < -0.39 is 30.5 Å². The molecule has 0 bridgehead atoms. The Morgan fingerprint density at radius 1 is 0.667 bits per heavy atom. The van der Waals surface area contributed by atoms with Crippen LogP contribution in [0.4, 0.5) is 0 Å². The summed E-state index contributed by atoms with van der Waals surface area (Å²) in [5, 5.41) is 25.4. The van der Waals surface area contributed by atoms with Gasteiger partial charge in [-0.15, -0.1) is 0 Å². The molecule has 0 heterocycles. The molecule has 0 amide bonds. The number of aliphatic hydroxyl groups excluding tert-OH is 1. The fourth-order valence-corrected chi connectivity index (χ4v) is 9.80. The molecule has 0 rings (SSSR count). The van der Waals surface area contributed by atoms with Gasteiger partial charge >= 0.3 is 0 Å². The summed E-state index contributed by atoms with van der Waals surface area (Å²) >= 11 is 6.13. The number of hydrogen-bond donors (Lipinski definition) is 1. The fraction of sp³-hybridized carbons (Fsp3) is 0.933. The van der Waals surface area contributed by atoms with E-state index in [1.54, 1.807) is 13.3 Å². The highest BCUT2D eigenvalue weighted by atomic mass is 35.7. The van der Waals surface area contributed by atoms with Crippen LogP contribution in [0.25, 0.3) is 0 Å². The van der Waals surface area contributed by atoms with Crippen molar-refractivity contribution in [1.29, 1.82) is 10.5 Å². The van der Waals surface area contributed by atoms with Crippen molar-refractivity contribution in [2.75, 3.05) is 65.4 Å². The molecule has 0 aliphatic rings. The Morgan fingerprint density at radius 2 is 1.04 bits per heavy atom. The number of hydrogen-bond acceptors (Lipinski definition) is 10. The van der Waals surface area contributed by atoms with Gasteiger partial charge in [-0.2, -0.15) is 10.5 Å². The van der Waals surface area contributed by atoms with Crippen LogP contribution >= 0.6 is 41.7 Å². The van der Waals surface area contributed by atoms with Gasteiger partial charge in [-0.1, -0.05) is 0 Å². The summed E-state index contributed by atoms with van der Waals surface area (Å²) in [5.41, 5.74) is 0. The van der Waals surface area contributed by atoms with Gasteiger partial charge in [0.15, 0.2) is 0 Å². The quantitative estimate of drug-likeness (QED) is 0.0845. The molecule has 1 N–H and O–H groups in total. The number of halogens is 1. The molecule has 10 nitrogen and oxygen atoms in total. The highest BCUT2D eigenvalue weighted by molar-refractivity contribution is 7.78. The van der Waals surface area contributed by atoms with E-state index in [0.29, 0.717) is 56.8 Å². The molecule has 15 heteroatoms. The molecule has 2 unspecified atom stereocenters. The normalized spacial score (nSPS) is 13.4. The van der Waals surface area contributed by atoms with Gasteiger partial charge in [0.25, 0.3) is 8.53 Å². The minimum atomic E-state index is -1.93. The molecule has 0 radical (unpaired) electrons. The molecule has 45 heavy (non-hydrogen) atoms. The maximum Gasteiger partial charge on any atom is 0.259 e. The molecular weight excluding hydrogens is 672 g/mol. The van der Waals surface area contributed by atoms with Crippen molar-refractivity contribution in [2.24, 2.45) is 0 Å². The first kappa shape index (κ1) is 49.7. The second kappa shape index (κ2) is 29.3. The van der Waals surface area contributed by atoms with Crippen LogP contribution in [0.5, 0.6) is 0 Å². The van der Waals surface area contributed by atoms with Crippen LogP contribution in [0.15, 0.2) is 0 Å². The number of aliphatic hydroxyl groups is 1. The zero-order chi connectivity index (χ0) is 35.6. The molecular formula is C30H65ClN4O6P4. The molecule has 2 atom stereocenters. The Bertz CT molecular complexity index is 875. The van der Waals surface area contributed by atoms with E-state index in [4.69, 9.17) is 40.4 Å². The first-order chi connectivity index (χ1) is 20.7. The first-order valence-electron chi connectivity index (χ1n) is 15.9. The fourth-order valence-electron chi connectivity index (χ4n) is 3.85. The highest BCUT2D eigenvalue weighted by Crippen LogP contribution is 2.49. The minimum Gasteiger partial charge on any atom is -0.396 e. The molecule has 0 aliphatic heterocycles.